The Morgan fingerprint density at radius 2 is 2.26 bits per heavy atom. The Morgan fingerprint density at radius 3 is 2.95 bits per heavy atom. The van der Waals surface area contributed by atoms with Gasteiger partial charge in [-0.15, -0.1) is 11.3 Å². The number of hydrogen-bond donors (Lipinski definition) is 2. The highest BCUT2D eigenvalue weighted by molar-refractivity contribution is 7.09. The third-order valence-corrected chi connectivity index (χ3v) is 3.32. The number of halogens is 1. The van der Waals surface area contributed by atoms with Crippen molar-refractivity contribution >= 4 is 23.1 Å². The van der Waals surface area contributed by atoms with Crippen LogP contribution in [0.15, 0.2) is 23.8 Å². The van der Waals surface area contributed by atoms with Gasteiger partial charge >= 0.3 is 0 Å². The number of rotatable bonds is 5. The van der Waals surface area contributed by atoms with Gasteiger partial charge in [-0.25, -0.2) is 14.4 Å². The van der Waals surface area contributed by atoms with E-state index in [9.17, 15) is 9.18 Å². The molecule has 19 heavy (non-hydrogen) atoms. The third-order valence-electron chi connectivity index (χ3n) is 2.48. The van der Waals surface area contributed by atoms with E-state index in [2.05, 4.69) is 20.6 Å². The van der Waals surface area contributed by atoms with Crippen LogP contribution in [0.4, 0.5) is 10.2 Å². The van der Waals surface area contributed by atoms with Crippen LogP contribution in [-0.2, 0) is 6.42 Å². The standard InChI is InChI=1S/C12H13FN4OS/c1-14-11-10(13)8(2-4-16-11)12(18)17-5-3-9-15-6-7-19-9/h2,4,6-7H,3,5H2,1H3,(H,14,16)(H,17,18). The molecule has 0 aromatic carbocycles. The second kappa shape index (κ2) is 6.24. The highest BCUT2D eigenvalue weighted by Crippen LogP contribution is 2.14. The van der Waals surface area contributed by atoms with E-state index in [4.69, 9.17) is 0 Å². The Bertz CT molecular complexity index is 559. The van der Waals surface area contributed by atoms with Gasteiger partial charge in [-0.2, -0.15) is 0 Å². The second-order valence-corrected chi connectivity index (χ2v) is 4.68. The number of nitrogens with one attached hydrogen (secondary N) is 2. The van der Waals surface area contributed by atoms with Gasteiger partial charge in [-0.3, -0.25) is 4.79 Å². The van der Waals surface area contributed by atoms with Gasteiger partial charge in [0.05, 0.1) is 10.6 Å². The number of carbonyl (C=O) groups excluding carboxylic acids is 1. The molecule has 0 radical (unpaired) electrons. The van der Waals surface area contributed by atoms with Crippen LogP contribution in [0.5, 0.6) is 0 Å². The van der Waals surface area contributed by atoms with Crippen molar-refractivity contribution in [2.45, 2.75) is 6.42 Å². The Hall–Kier alpha value is -2.02. The number of carbonyl (C=O) groups is 1. The number of nitrogens with zero attached hydrogens (tertiary/aromatic N) is 2. The molecule has 7 heteroatoms. The van der Waals surface area contributed by atoms with E-state index in [1.54, 1.807) is 13.2 Å². The summed E-state index contributed by atoms with van der Waals surface area (Å²) >= 11 is 1.52. The van der Waals surface area contributed by atoms with Gasteiger partial charge in [0.1, 0.15) is 0 Å². The SMILES string of the molecule is CNc1nccc(C(=O)NCCc2nccs2)c1F. The molecule has 0 aliphatic heterocycles. The smallest absolute Gasteiger partial charge is 0.254 e. The second-order valence-electron chi connectivity index (χ2n) is 3.70. The van der Waals surface area contributed by atoms with Crippen LogP contribution < -0.4 is 10.6 Å². The molecule has 2 N–H and O–H groups in total. The van der Waals surface area contributed by atoms with Gasteiger partial charge in [0.15, 0.2) is 11.6 Å². The predicted octanol–water partition coefficient (Wildman–Crippen LogP) is 1.69. The van der Waals surface area contributed by atoms with Gasteiger partial charge in [-0.1, -0.05) is 0 Å². The van der Waals surface area contributed by atoms with Crippen LogP contribution in [0.2, 0.25) is 0 Å². The average Bonchev–Trinajstić information content (AvgIpc) is 2.92. The zero-order valence-electron chi connectivity index (χ0n) is 10.3. The number of pyridine rings is 1. The summed E-state index contributed by atoms with van der Waals surface area (Å²) in [6.45, 7) is 0.420. The molecule has 0 spiro atoms. The van der Waals surface area contributed by atoms with Crippen LogP contribution in [0.3, 0.4) is 0 Å². The molecule has 0 unspecified atom stereocenters. The fraction of sp³-hybridized carbons (Fsp3) is 0.250. The molecule has 0 saturated heterocycles. The van der Waals surface area contributed by atoms with Gasteiger partial charge in [0.2, 0.25) is 0 Å². The van der Waals surface area contributed by atoms with E-state index in [1.807, 2.05) is 5.38 Å². The molecule has 0 bridgehead atoms. The summed E-state index contributed by atoms with van der Waals surface area (Å²) in [6.07, 6.45) is 3.74. The molecular formula is C12H13FN4OS. The first-order valence-corrected chi connectivity index (χ1v) is 6.59. The monoisotopic (exact) mass is 280 g/mol. The Kier molecular flexibility index (Phi) is 4.40. The Labute approximate surface area is 113 Å². The lowest BCUT2D eigenvalue weighted by Gasteiger charge is -2.07. The van der Waals surface area contributed by atoms with E-state index in [0.29, 0.717) is 13.0 Å². The average molecular weight is 280 g/mol. The molecule has 0 aliphatic carbocycles. The number of aromatic nitrogens is 2. The van der Waals surface area contributed by atoms with Crippen LogP contribution in [-0.4, -0.2) is 29.5 Å². The number of thiazole rings is 1. The van der Waals surface area contributed by atoms with Gasteiger partial charge in [-0.05, 0) is 6.07 Å². The Balaban J connectivity index is 1.96. The fourth-order valence-corrected chi connectivity index (χ4v) is 2.17. The zero-order valence-corrected chi connectivity index (χ0v) is 11.1. The Morgan fingerprint density at radius 1 is 1.42 bits per heavy atom. The topological polar surface area (TPSA) is 66.9 Å². The van der Waals surface area contributed by atoms with Gasteiger partial charge < -0.3 is 10.6 Å². The quantitative estimate of drug-likeness (QED) is 0.874. The third kappa shape index (κ3) is 3.25. The minimum atomic E-state index is -0.642. The van der Waals surface area contributed by atoms with Crippen LogP contribution >= 0.6 is 11.3 Å². The molecule has 2 heterocycles. The maximum atomic E-state index is 13.8. The van der Waals surface area contributed by atoms with Gasteiger partial charge in [0.25, 0.3) is 5.91 Å². The first-order chi connectivity index (χ1) is 9.22. The van der Waals surface area contributed by atoms with Gasteiger partial charge in [0, 0.05) is 37.8 Å². The summed E-state index contributed by atoms with van der Waals surface area (Å²) in [6, 6.07) is 1.36. The summed E-state index contributed by atoms with van der Waals surface area (Å²) < 4.78 is 13.8. The van der Waals surface area contributed by atoms with E-state index in [0.717, 1.165) is 5.01 Å². The molecule has 0 aliphatic rings. The number of hydrogen-bond acceptors (Lipinski definition) is 5. The largest absolute Gasteiger partial charge is 0.371 e. The minimum absolute atomic E-state index is 0.0153. The molecule has 2 rings (SSSR count). The molecule has 5 nitrogen and oxygen atoms in total. The summed E-state index contributed by atoms with van der Waals surface area (Å²) in [5, 5.41) is 8.07. The molecule has 1 amide bonds. The zero-order chi connectivity index (χ0) is 13.7. The van der Waals surface area contributed by atoms with Crippen LogP contribution in [0.25, 0.3) is 0 Å². The van der Waals surface area contributed by atoms with E-state index in [1.165, 1.54) is 23.6 Å². The van der Waals surface area contributed by atoms with Crippen molar-refractivity contribution in [2.24, 2.45) is 0 Å². The van der Waals surface area contributed by atoms with Crippen molar-refractivity contribution in [1.29, 1.82) is 0 Å². The number of anilines is 1. The molecule has 0 atom stereocenters. The van der Waals surface area contributed by atoms with Crippen LogP contribution in [0, 0.1) is 5.82 Å². The first kappa shape index (κ1) is 13.4. The lowest BCUT2D eigenvalue weighted by atomic mass is 10.2. The van der Waals surface area contributed by atoms with Crippen molar-refractivity contribution in [3.8, 4) is 0 Å². The fourth-order valence-electron chi connectivity index (χ4n) is 1.55. The van der Waals surface area contributed by atoms with Crippen molar-refractivity contribution in [2.75, 3.05) is 18.9 Å². The molecule has 0 fully saturated rings. The molecule has 100 valence electrons. The summed E-state index contributed by atoms with van der Waals surface area (Å²) in [4.78, 5) is 19.7. The van der Waals surface area contributed by atoms with Crippen molar-refractivity contribution < 1.29 is 9.18 Å². The van der Waals surface area contributed by atoms with Crippen molar-refractivity contribution in [3.63, 3.8) is 0 Å². The van der Waals surface area contributed by atoms with E-state index in [-0.39, 0.29) is 11.4 Å². The van der Waals surface area contributed by atoms with Crippen LogP contribution in [0.1, 0.15) is 15.4 Å². The molecular weight excluding hydrogens is 267 g/mol. The van der Waals surface area contributed by atoms with E-state index >= 15 is 0 Å². The lowest BCUT2D eigenvalue weighted by Crippen LogP contribution is -2.26. The summed E-state index contributed by atoms with van der Waals surface area (Å²) in [5.41, 5.74) is -0.0153. The summed E-state index contributed by atoms with van der Waals surface area (Å²) in [7, 11) is 1.55. The maximum Gasteiger partial charge on any atom is 0.254 e. The number of amides is 1. The highest BCUT2D eigenvalue weighted by Gasteiger charge is 2.14. The van der Waals surface area contributed by atoms with Crippen molar-refractivity contribution in [1.82, 2.24) is 15.3 Å². The molecule has 2 aromatic heterocycles. The lowest BCUT2D eigenvalue weighted by molar-refractivity contribution is 0.0950. The molecule has 0 saturated carbocycles. The maximum absolute atomic E-state index is 13.8. The minimum Gasteiger partial charge on any atom is -0.371 e. The highest BCUT2D eigenvalue weighted by atomic mass is 32.1. The summed E-state index contributed by atoms with van der Waals surface area (Å²) in [5.74, 6) is -1.03. The first-order valence-electron chi connectivity index (χ1n) is 5.71. The van der Waals surface area contributed by atoms with E-state index < -0.39 is 11.7 Å². The van der Waals surface area contributed by atoms with Crippen molar-refractivity contribution in [3.05, 3.63) is 40.2 Å². The normalized spacial score (nSPS) is 10.2. The predicted molar refractivity (Wildman–Crippen MR) is 71.9 cm³/mol. The molecule has 2 aromatic rings.